The number of hydrogen-bond acceptors (Lipinski definition) is 5. The van der Waals surface area contributed by atoms with E-state index in [2.05, 4.69) is 0 Å². The van der Waals surface area contributed by atoms with Gasteiger partial charge in [0.15, 0.2) is 0 Å². The number of carbonyl (C=O) groups excluding carboxylic acids is 1. The number of nitro benzene ring substituents is 1. The number of nitrogens with two attached hydrogens (primary N) is 1. The van der Waals surface area contributed by atoms with Crippen LogP contribution >= 0.6 is 0 Å². The van der Waals surface area contributed by atoms with Crippen LogP contribution in [0.25, 0.3) is 0 Å². The third-order valence-corrected chi connectivity index (χ3v) is 2.92. The topological polar surface area (TPSA) is 110 Å². The summed E-state index contributed by atoms with van der Waals surface area (Å²) in [5.41, 5.74) is 5.62. The number of carbonyl (C=O) groups is 1. The molecule has 0 heterocycles. The minimum Gasteiger partial charge on any atom is -0.395 e. The first-order chi connectivity index (χ1) is 9.49. The second-order valence-electron chi connectivity index (χ2n) is 4.46. The number of rotatable bonds is 8. The van der Waals surface area contributed by atoms with Crippen LogP contribution in [-0.4, -0.2) is 40.5 Å². The number of amides is 1. The molecule has 0 radical (unpaired) electrons. The van der Waals surface area contributed by atoms with Gasteiger partial charge in [-0.25, -0.2) is 0 Å². The van der Waals surface area contributed by atoms with Crippen molar-refractivity contribution in [2.75, 3.05) is 19.7 Å². The summed E-state index contributed by atoms with van der Waals surface area (Å²) in [7, 11) is 0. The van der Waals surface area contributed by atoms with Crippen molar-refractivity contribution < 1.29 is 14.8 Å². The highest BCUT2D eigenvalue weighted by Gasteiger charge is 2.18. The minimum absolute atomic E-state index is 0.00678. The molecule has 0 unspecified atom stereocenters. The maximum absolute atomic E-state index is 11.1. The van der Waals surface area contributed by atoms with Crippen molar-refractivity contribution >= 4 is 11.6 Å². The van der Waals surface area contributed by atoms with E-state index in [-0.39, 0.29) is 17.9 Å². The molecule has 1 rings (SSSR count). The Labute approximate surface area is 117 Å². The Bertz CT molecular complexity index is 485. The van der Waals surface area contributed by atoms with Gasteiger partial charge in [0, 0.05) is 30.3 Å². The molecule has 0 aliphatic heterocycles. The zero-order valence-corrected chi connectivity index (χ0v) is 11.4. The lowest BCUT2D eigenvalue weighted by Gasteiger charge is -2.20. The summed E-state index contributed by atoms with van der Waals surface area (Å²) in [5.74, 6) is -0.694. The van der Waals surface area contributed by atoms with Crippen molar-refractivity contribution in [3.05, 3.63) is 39.4 Å². The minimum atomic E-state index is -0.694. The molecule has 0 spiro atoms. The molecule has 0 saturated carbocycles. The third kappa shape index (κ3) is 4.29. The molecule has 0 saturated heterocycles. The van der Waals surface area contributed by atoms with Gasteiger partial charge in [0.25, 0.3) is 5.69 Å². The molecule has 0 fully saturated rings. The Hall–Kier alpha value is -1.99. The molecule has 1 aromatic rings. The highest BCUT2D eigenvalue weighted by molar-refractivity contribution is 5.93. The molecule has 0 atom stereocenters. The fraction of sp³-hybridized carbons (Fsp3) is 0.462. The van der Waals surface area contributed by atoms with Gasteiger partial charge in [-0.3, -0.25) is 19.8 Å². The standard InChI is InChI=1S/C13H19N3O4/c1-2-5-15(6-7-17)9-11-4-3-10(13(14)18)8-12(11)16(19)20/h3-4,8,17H,2,5-7,9H2,1H3,(H2,14,18). The lowest BCUT2D eigenvalue weighted by atomic mass is 10.1. The smallest absolute Gasteiger partial charge is 0.274 e. The molecule has 110 valence electrons. The average Bonchev–Trinajstić information content (AvgIpc) is 2.39. The van der Waals surface area contributed by atoms with Crippen LogP contribution in [-0.2, 0) is 6.54 Å². The SMILES string of the molecule is CCCN(CCO)Cc1ccc(C(N)=O)cc1[N+](=O)[O-]. The quantitative estimate of drug-likeness (QED) is 0.543. The zero-order chi connectivity index (χ0) is 15.1. The number of aliphatic hydroxyl groups is 1. The van der Waals surface area contributed by atoms with Gasteiger partial charge in [-0.1, -0.05) is 13.0 Å². The highest BCUT2D eigenvalue weighted by atomic mass is 16.6. The van der Waals surface area contributed by atoms with Gasteiger partial charge in [0.1, 0.15) is 0 Å². The first kappa shape index (κ1) is 16.1. The molecule has 20 heavy (non-hydrogen) atoms. The molecule has 0 aliphatic rings. The van der Waals surface area contributed by atoms with Gasteiger partial charge in [0.2, 0.25) is 5.91 Å². The van der Waals surface area contributed by atoms with E-state index in [9.17, 15) is 14.9 Å². The van der Waals surface area contributed by atoms with Crippen molar-refractivity contribution in [1.82, 2.24) is 4.90 Å². The van der Waals surface area contributed by atoms with E-state index in [1.54, 1.807) is 0 Å². The van der Waals surface area contributed by atoms with E-state index >= 15 is 0 Å². The Morgan fingerprint density at radius 2 is 2.15 bits per heavy atom. The Morgan fingerprint density at radius 1 is 1.45 bits per heavy atom. The van der Waals surface area contributed by atoms with Gasteiger partial charge in [-0.2, -0.15) is 0 Å². The molecule has 1 aromatic carbocycles. The summed E-state index contributed by atoms with van der Waals surface area (Å²) >= 11 is 0. The van der Waals surface area contributed by atoms with E-state index in [0.717, 1.165) is 13.0 Å². The zero-order valence-electron chi connectivity index (χ0n) is 11.4. The maximum atomic E-state index is 11.1. The molecule has 7 nitrogen and oxygen atoms in total. The summed E-state index contributed by atoms with van der Waals surface area (Å²) in [6.45, 7) is 3.52. The molecule has 0 aliphatic carbocycles. The molecule has 3 N–H and O–H groups in total. The van der Waals surface area contributed by atoms with E-state index in [4.69, 9.17) is 10.8 Å². The molecule has 0 aromatic heterocycles. The summed E-state index contributed by atoms with van der Waals surface area (Å²) in [4.78, 5) is 23.5. The van der Waals surface area contributed by atoms with Crippen LogP contribution in [0.15, 0.2) is 18.2 Å². The predicted molar refractivity (Wildman–Crippen MR) is 74.3 cm³/mol. The van der Waals surface area contributed by atoms with Crippen LogP contribution in [0.4, 0.5) is 5.69 Å². The Morgan fingerprint density at radius 3 is 2.65 bits per heavy atom. The highest BCUT2D eigenvalue weighted by Crippen LogP contribution is 2.22. The largest absolute Gasteiger partial charge is 0.395 e. The Balaban J connectivity index is 3.03. The molecule has 7 heteroatoms. The van der Waals surface area contributed by atoms with Crippen LogP contribution in [0.5, 0.6) is 0 Å². The monoisotopic (exact) mass is 281 g/mol. The normalized spacial score (nSPS) is 10.8. The van der Waals surface area contributed by atoms with Crippen LogP contribution in [0, 0.1) is 10.1 Å². The molecular weight excluding hydrogens is 262 g/mol. The number of nitro groups is 1. The second kappa shape index (κ2) is 7.56. The van der Waals surface area contributed by atoms with Crippen molar-refractivity contribution in [2.24, 2.45) is 5.73 Å². The molecular formula is C13H19N3O4. The molecule has 1 amide bonds. The van der Waals surface area contributed by atoms with Crippen LogP contribution in [0.1, 0.15) is 29.3 Å². The van der Waals surface area contributed by atoms with Crippen molar-refractivity contribution in [3.63, 3.8) is 0 Å². The van der Waals surface area contributed by atoms with Crippen LogP contribution < -0.4 is 5.73 Å². The van der Waals surface area contributed by atoms with Crippen LogP contribution in [0.2, 0.25) is 0 Å². The van der Waals surface area contributed by atoms with E-state index in [1.165, 1.54) is 18.2 Å². The second-order valence-corrected chi connectivity index (χ2v) is 4.46. The van der Waals surface area contributed by atoms with E-state index in [1.807, 2.05) is 11.8 Å². The number of benzene rings is 1. The maximum Gasteiger partial charge on any atom is 0.274 e. The average molecular weight is 281 g/mol. The predicted octanol–water partition coefficient (Wildman–Crippen LogP) is 0.898. The Kier molecular flexibility index (Phi) is 6.08. The fourth-order valence-corrected chi connectivity index (χ4v) is 1.99. The van der Waals surface area contributed by atoms with Gasteiger partial charge >= 0.3 is 0 Å². The first-order valence-electron chi connectivity index (χ1n) is 6.40. The van der Waals surface area contributed by atoms with Gasteiger partial charge in [-0.15, -0.1) is 0 Å². The first-order valence-corrected chi connectivity index (χ1v) is 6.40. The number of aliphatic hydroxyl groups excluding tert-OH is 1. The fourth-order valence-electron chi connectivity index (χ4n) is 1.99. The number of nitrogens with zero attached hydrogens (tertiary/aromatic N) is 2. The van der Waals surface area contributed by atoms with Crippen LogP contribution in [0.3, 0.4) is 0 Å². The van der Waals surface area contributed by atoms with Crippen molar-refractivity contribution in [2.45, 2.75) is 19.9 Å². The van der Waals surface area contributed by atoms with E-state index in [0.29, 0.717) is 18.7 Å². The van der Waals surface area contributed by atoms with E-state index < -0.39 is 10.8 Å². The molecule has 0 bridgehead atoms. The summed E-state index contributed by atoms with van der Waals surface area (Å²) in [5, 5.41) is 20.1. The summed E-state index contributed by atoms with van der Waals surface area (Å²) < 4.78 is 0. The summed E-state index contributed by atoms with van der Waals surface area (Å²) in [6, 6.07) is 4.22. The summed E-state index contributed by atoms with van der Waals surface area (Å²) in [6.07, 6.45) is 0.882. The van der Waals surface area contributed by atoms with Gasteiger partial charge < -0.3 is 10.8 Å². The number of primary amides is 1. The third-order valence-electron chi connectivity index (χ3n) is 2.92. The van der Waals surface area contributed by atoms with Gasteiger partial charge in [0.05, 0.1) is 11.5 Å². The van der Waals surface area contributed by atoms with Gasteiger partial charge in [-0.05, 0) is 19.0 Å². The lowest BCUT2D eigenvalue weighted by Crippen LogP contribution is -2.27. The van der Waals surface area contributed by atoms with Crippen molar-refractivity contribution in [1.29, 1.82) is 0 Å². The van der Waals surface area contributed by atoms with Crippen molar-refractivity contribution in [3.8, 4) is 0 Å². The number of hydrogen-bond donors (Lipinski definition) is 2. The lowest BCUT2D eigenvalue weighted by molar-refractivity contribution is -0.385.